The van der Waals surface area contributed by atoms with Crippen LogP contribution in [0, 0.1) is 0 Å². The molecular weight excluding hydrogens is 184 g/mol. The molecule has 0 aromatic carbocycles. The third kappa shape index (κ3) is 3.85. The van der Waals surface area contributed by atoms with Crippen molar-refractivity contribution in [3.63, 3.8) is 0 Å². The highest BCUT2D eigenvalue weighted by Crippen LogP contribution is 1.94. The topological polar surface area (TPSA) is 58.6 Å². The molecule has 1 heterocycles. The minimum absolute atomic E-state index is 0.216. The van der Waals surface area contributed by atoms with Gasteiger partial charge < -0.3 is 10.1 Å². The van der Waals surface area contributed by atoms with E-state index in [0.29, 0.717) is 0 Å². The third-order valence-corrected chi connectivity index (χ3v) is 2.08. The van der Waals surface area contributed by atoms with E-state index in [1.165, 1.54) is 0 Å². The van der Waals surface area contributed by atoms with Gasteiger partial charge in [-0.25, -0.2) is 0 Å². The minimum atomic E-state index is -0.454. The molecule has 0 radical (unpaired) electrons. The van der Waals surface area contributed by atoms with Gasteiger partial charge in [0.15, 0.2) is 0 Å². The normalized spacial score (nSPS) is 17.8. The van der Waals surface area contributed by atoms with Crippen molar-refractivity contribution in [1.82, 2.24) is 10.2 Å². The zero-order chi connectivity index (χ0) is 10.4. The molecule has 0 amide bonds. The summed E-state index contributed by atoms with van der Waals surface area (Å²) in [5, 5.41) is 3.18. The molecule has 5 heteroatoms. The van der Waals surface area contributed by atoms with E-state index < -0.39 is 11.9 Å². The first-order valence-electron chi connectivity index (χ1n) is 4.89. The molecule has 1 aliphatic heterocycles. The van der Waals surface area contributed by atoms with Crippen LogP contribution in [-0.4, -0.2) is 49.6 Å². The summed E-state index contributed by atoms with van der Waals surface area (Å²) in [4.78, 5) is 23.9. The Balaban J connectivity index is 2.21. The fourth-order valence-electron chi connectivity index (χ4n) is 1.28. The van der Waals surface area contributed by atoms with Crippen molar-refractivity contribution in [2.75, 3.05) is 32.7 Å². The molecule has 0 aromatic rings. The van der Waals surface area contributed by atoms with Crippen LogP contribution in [0.15, 0.2) is 0 Å². The molecule has 1 N–H and O–H groups in total. The Kier molecular flexibility index (Phi) is 4.55. The molecular formula is C9H16N2O3. The van der Waals surface area contributed by atoms with E-state index in [9.17, 15) is 9.59 Å². The van der Waals surface area contributed by atoms with Crippen molar-refractivity contribution in [2.24, 2.45) is 0 Å². The van der Waals surface area contributed by atoms with Crippen LogP contribution in [0.4, 0.5) is 0 Å². The Hall–Kier alpha value is -0.940. The van der Waals surface area contributed by atoms with Gasteiger partial charge in [0.25, 0.3) is 0 Å². The van der Waals surface area contributed by atoms with Crippen molar-refractivity contribution in [1.29, 1.82) is 0 Å². The third-order valence-electron chi connectivity index (χ3n) is 2.08. The van der Waals surface area contributed by atoms with E-state index in [0.717, 1.165) is 26.2 Å². The highest BCUT2D eigenvalue weighted by Gasteiger charge is 2.15. The fraction of sp³-hybridized carbons (Fsp3) is 0.778. The Labute approximate surface area is 83.4 Å². The summed E-state index contributed by atoms with van der Waals surface area (Å²) in [6.07, 6.45) is 0.243. The summed E-state index contributed by atoms with van der Waals surface area (Å²) in [5.74, 6) is -0.899. The fourth-order valence-corrected chi connectivity index (χ4v) is 1.28. The second kappa shape index (κ2) is 5.72. The van der Waals surface area contributed by atoms with E-state index in [1.54, 1.807) is 6.92 Å². The second-order valence-electron chi connectivity index (χ2n) is 3.23. The predicted octanol–water partition coefficient (Wildman–Crippen LogP) is -0.629. The molecule has 14 heavy (non-hydrogen) atoms. The Bertz CT molecular complexity index is 212. The molecule has 0 aliphatic carbocycles. The van der Waals surface area contributed by atoms with Crippen LogP contribution in [0.25, 0.3) is 0 Å². The molecule has 0 spiro atoms. The van der Waals surface area contributed by atoms with Gasteiger partial charge in [0.2, 0.25) is 0 Å². The molecule has 0 saturated carbocycles. The largest absolute Gasteiger partial charge is 0.392 e. The second-order valence-corrected chi connectivity index (χ2v) is 3.23. The lowest BCUT2D eigenvalue weighted by atomic mass is 10.3. The zero-order valence-corrected chi connectivity index (χ0v) is 8.41. The number of carbonyl (C=O) groups is 2. The molecule has 0 bridgehead atoms. The van der Waals surface area contributed by atoms with Crippen LogP contribution in [0.5, 0.6) is 0 Å². The van der Waals surface area contributed by atoms with Crippen molar-refractivity contribution < 1.29 is 14.3 Å². The molecule has 80 valence electrons. The standard InChI is InChI=1S/C9H16N2O3/c1-2-8(12)14-9(13)7-11-5-3-10-4-6-11/h10H,2-7H2,1H3. The summed E-state index contributed by atoms with van der Waals surface area (Å²) in [6.45, 7) is 5.31. The Morgan fingerprint density at radius 2 is 1.93 bits per heavy atom. The van der Waals surface area contributed by atoms with Crippen LogP contribution in [0.2, 0.25) is 0 Å². The smallest absolute Gasteiger partial charge is 0.327 e. The molecule has 0 atom stereocenters. The average molecular weight is 200 g/mol. The zero-order valence-electron chi connectivity index (χ0n) is 8.41. The number of hydrogen-bond donors (Lipinski definition) is 1. The molecule has 1 fully saturated rings. The Morgan fingerprint density at radius 1 is 1.29 bits per heavy atom. The van der Waals surface area contributed by atoms with Gasteiger partial charge in [-0.05, 0) is 0 Å². The quantitative estimate of drug-likeness (QED) is 0.485. The summed E-state index contributed by atoms with van der Waals surface area (Å²) >= 11 is 0. The van der Waals surface area contributed by atoms with Gasteiger partial charge in [0, 0.05) is 32.6 Å². The SMILES string of the molecule is CCC(=O)OC(=O)CN1CCNCC1. The van der Waals surface area contributed by atoms with Gasteiger partial charge in [-0.1, -0.05) is 6.92 Å². The monoisotopic (exact) mass is 200 g/mol. The number of ether oxygens (including phenoxy) is 1. The first-order chi connectivity index (χ1) is 6.72. The molecule has 0 aromatic heterocycles. The highest BCUT2D eigenvalue weighted by atomic mass is 16.6. The number of nitrogens with one attached hydrogen (secondary N) is 1. The first kappa shape index (κ1) is 11.1. The number of carbonyl (C=O) groups excluding carboxylic acids is 2. The first-order valence-corrected chi connectivity index (χ1v) is 4.89. The van der Waals surface area contributed by atoms with Crippen molar-refractivity contribution in [3.8, 4) is 0 Å². The number of esters is 2. The van der Waals surface area contributed by atoms with Crippen LogP contribution < -0.4 is 5.32 Å². The van der Waals surface area contributed by atoms with Crippen LogP contribution in [0.1, 0.15) is 13.3 Å². The Morgan fingerprint density at radius 3 is 2.50 bits per heavy atom. The number of nitrogens with zero attached hydrogens (tertiary/aromatic N) is 1. The van der Waals surface area contributed by atoms with Gasteiger partial charge in [-0.3, -0.25) is 14.5 Å². The van der Waals surface area contributed by atoms with E-state index >= 15 is 0 Å². The van der Waals surface area contributed by atoms with Crippen molar-refractivity contribution in [2.45, 2.75) is 13.3 Å². The van der Waals surface area contributed by atoms with Crippen LogP contribution in [0.3, 0.4) is 0 Å². The molecule has 5 nitrogen and oxygen atoms in total. The van der Waals surface area contributed by atoms with Crippen LogP contribution in [-0.2, 0) is 14.3 Å². The van der Waals surface area contributed by atoms with Gasteiger partial charge in [0.1, 0.15) is 0 Å². The maximum absolute atomic E-state index is 11.2. The molecule has 1 saturated heterocycles. The van der Waals surface area contributed by atoms with E-state index in [4.69, 9.17) is 0 Å². The van der Waals surface area contributed by atoms with Gasteiger partial charge in [-0.15, -0.1) is 0 Å². The summed E-state index contributed by atoms with van der Waals surface area (Å²) in [6, 6.07) is 0. The lowest BCUT2D eigenvalue weighted by molar-refractivity contribution is -0.160. The minimum Gasteiger partial charge on any atom is -0.392 e. The van der Waals surface area contributed by atoms with Crippen LogP contribution >= 0.6 is 0 Å². The maximum Gasteiger partial charge on any atom is 0.327 e. The van der Waals surface area contributed by atoms with E-state index in [-0.39, 0.29) is 13.0 Å². The summed E-state index contributed by atoms with van der Waals surface area (Å²) in [7, 11) is 0. The molecule has 1 rings (SSSR count). The van der Waals surface area contributed by atoms with Gasteiger partial charge in [0.05, 0.1) is 6.54 Å². The summed E-state index contributed by atoms with van der Waals surface area (Å²) < 4.78 is 4.56. The van der Waals surface area contributed by atoms with Gasteiger partial charge >= 0.3 is 11.9 Å². The molecule has 1 aliphatic rings. The van der Waals surface area contributed by atoms with Gasteiger partial charge in [-0.2, -0.15) is 0 Å². The van der Waals surface area contributed by atoms with Crippen molar-refractivity contribution in [3.05, 3.63) is 0 Å². The lowest BCUT2D eigenvalue weighted by Crippen LogP contribution is -2.45. The number of rotatable bonds is 3. The lowest BCUT2D eigenvalue weighted by Gasteiger charge is -2.25. The van der Waals surface area contributed by atoms with Crippen molar-refractivity contribution >= 4 is 11.9 Å². The molecule has 0 unspecified atom stereocenters. The van der Waals surface area contributed by atoms with E-state index in [2.05, 4.69) is 10.1 Å². The number of hydrogen-bond acceptors (Lipinski definition) is 5. The summed E-state index contributed by atoms with van der Waals surface area (Å²) in [5.41, 5.74) is 0. The predicted molar refractivity (Wildman–Crippen MR) is 50.7 cm³/mol. The average Bonchev–Trinajstić information content (AvgIpc) is 2.19. The maximum atomic E-state index is 11.2. The highest BCUT2D eigenvalue weighted by molar-refractivity contribution is 5.86. The van der Waals surface area contributed by atoms with E-state index in [1.807, 2.05) is 4.90 Å². The number of piperazine rings is 1.